The molecule has 0 amide bonds. The van der Waals surface area contributed by atoms with Gasteiger partial charge in [-0.1, -0.05) is 63.8 Å². The van der Waals surface area contributed by atoms with Crippen molar-refractivity contribution < 1.29 is 0 Å². The van der Waals surface area contributed by atoms with E-state index in [1.165, 1.54) is 22.3 Å². The molecule has 0 aliphatic heterocycles. The van der Waals surface area contributed by atoms with Crippen LogP contribution in [0, 0.1) is 6.92 Å². The second-order valence-corrected chi connectivity index (χ2v) is 5.74. The van der Waals surface area contributed by atoms with Crippen molar-refractivity contribution in [2.24, 2.45) is 0 Å². The number of allylic oxidation sites excluding steroid dienone is 5. The Bertz CT molecular complexity index is 519. The molecule has 0 spiro atoms. The van der Waals surface area contributed by atoms with Crippen molar-refractivity contribution in [3.63, 3.8) is 0 Å². The summed E-state index contributed by atoms with van der Waals surface area (Å²) in [6.07, 6.45) is 6.29. The average molecular weight is 224 g/mol. The van der Waals surface area contributed by atoms with Gasteiger partial charge < -0.3 is 0 Å². The molecule has 1 aliphatic rings. The number of hydrogen-bond donors (Lipinski definition) is 0. The molecule has 2 rings (SSSR count). The fourth-order valence-corrected chi connectivity index (χ4v) is 2.10. The lowest BCUT2D eigenvalue weighted by molar-refractivity contribution is 0.590. The molecule has 0 aromatic heterocycles. The lowest BCUT2D eigenvalue weighted by atomic mass is 9.83. The third-order valence-corrected chi connectivity index (χ3v) is 3.30. The molecule has 0 saturated carbocycles. The highest BCUT2D eigenvalue weighted by molar-refractivity contribution is 5.86. The molecule has 0 radical (unpaired) electrons. The molecule has 0 heterocycles. The van der Waals surface area contributed by atoms with Gasteiger partial charge in [0.05, 0.1) is 0 Å². The molecule has 0 heteroatoms. The van der Waals surface area contributed by atoms with Gasteiger partial charge in [0.15, 0.2) is 0 Å². The van der Waals surface area contributed by atoms with E-state index in [4.69, 9.17) is 0 Å². The van der Waals surface area contributed by atoms with Gasteiger partial charge in [0.2, 0.25) is 0 Å². The summed E-state index contributed by atoms with van der Waals surface area (Å²) in [7, 11) is 0. The quantitative estimate of drug-likeness (QED) is 0.642. The molecule has 0 saturated heterocycles. The Labute approximate surface area is 104 Å². The van der Waals surface area contributed by atoms with Crippen LogP contribution in [0.15, 0.2) is 48.6 Å². The first-order chi connectivity index (χ1) is 7.89. The summed E-state index contributed by atoms with van der Waals surface area (Å²) in [6, 6.07) is 6.74. The summed E-state index contributed by atoms with van der Waals surface area (Å²) in [5.74, 6) is 0. The molecule has 1 aromatic carbocycles. The Morgan fingerprint density at radius 1 is 1.12 bits per heavy atom. The van der Waals surface area contributed by atoms with Gasteiger partial charge in [-0.2, -0.15) is 0 Å². The van der Waals surface area contributed by atoms with Crippen LogP contribution in [0.4, 0.5) is 0 Å². The van der Waals surface area contributed by atoms with Gasteiger partial charge >= 0.3 is 0 Å². The number of rotatable bonds is 1. The van der Waals surface area contributed by atoms with Crippen molar-refractivity contribution in [1.82, 2.24) is 0 Å². The van der Waals surface area contributed by atoms with Gasteiger partial charge in [0.1, 0.15) is 0 Å². The smallest absolute Gasteiger partial charge is 0.0115 e. The van der Waals surface area contributed by atoms with E-state index < -0.39 is 0 Å². The Kier molecular flexibility index (Phi) is 2.82. The minimum Gasteiger partial charge on any atom is -0.0911 e. The Morgan fingerprint density at radius 2 is 1.82 bits per heavy atom. The molecule has 0 nitrogen and oxygen atoms in total. The van der Waals surface area contributed by atoms with Crippen molar-refractivity contribution in [2.75, 3.05) is 0 Å². The van der Waals surface area contributed by atoms with Crippen LogP contribution >= 0.6 is 0 Å². The molecule has 0 unspecified atom stereocenters. The van der Waals surface area contributed by atoms with Crippen LogP contribution in [0.1, 0.15) is 37.5 Å². The van der Waals surface area contributed by atoms with Crippen LogP contribution in [0.3, 0.4) is 0 Å². The van der Waals surface area contributed by atoms with E-state index in [2.05, 4.69) is 70.7 Å². The van der Waals surface area contributed by atoms with Crippen LogP contribution in [0.25, 0.3) is 5.57 Å². The highest BCUT2D eigenvalue weighted by atomic mass is 14.2. The second-order valence-electron chi connectivity index (χ2n) is 5.74. The van der Waals surface area contributed by atoms with Gasteiger partial charge in [0, 0.05) is 0 Å². The second kappa shape index (κ2) is 4.03. The first kappa shape index (κ1) is 11.9. The van der Waals surface area contributed by atoms with Crippen molar-refractivity contribution in [3.05, 3.63) is 65.3 Å². The normalized spacial score (nSPS) is 15.3. The molecule has 1 aromatic rings. The van der Waals surface area contributed by atoms with E-state index in [9.17, 15) is 0 Å². The molecule has 0 bridgehead atoms. The minimum atomic E-state index is 0.191. The first-order valence-corrected chi connectivity index (χ1v) is 6.09. The van der Waals surface area contributed by atoms with Gasteiger partial charge in [0.25, 0.3) is 0 Å². The molecule has 17 heavy (non-hydrogen) atoms. The molecule has 0 atom stereocenters. The third-order valence-electron chi connectivity index (χ3n) is 3.30. The maximum Gasteiger partial charge on any atom is -0.0115 e. The fraction of sp³-hybridized carbons (Fsp3) is 0.294. The van der Waals surface area contributed by atoms with Gasteiger partial charge in [-0.05, 0) is 40.2 Å². The largest absolute Gasteiger partial charge is 0.0911 e. The van der Waals surface area contributed by atoms with Crippen LogP contribution in [-0.4, -0.2) is 0 Å². The topological polar surface area (TPSA) is 0 Å². The van der Waals surface area contributed by atoms with E-state index >= 15 is 0 Å². The Balaban J connectivity index is 2.51. The SMILES string of the molecule is C=C1C=CC=C1c1cc(C(C)(C)C)ccc1C. The maximum absolute atomic E-state index is 4.09. The number of benzene rings is 1. The predicted molar refractivity (Wildman–Crippen MR) is 76.1 cm³/mol. The lowest BCUT2D eigenvalue weighted by Gasteiger charge is -2.21. The average Bonchev–Trinajstić information content (AvgIpc) is 2.63. The van der Waals surface area contributed by atoms with E-state index in [1.54, 1.807) is 0 Å². The molecule has 0 fully saturated rings. The van der Waals surface area contributed by atoms with Crippen molar-refractivity contribution in [3.8, 4) is 0 Å². The predicted octanol–water partition coefficient (Wildman–Crippen LogP) is 4.80. The highest BCUT2D eigenvalue weighted by Gasteiger charge is 2.17. The van der Waals surface area contributed by atoms with Crippen LogP contribution in [-0.2, 0) is 5.41 Å². The maximum atomic E-state index is 4.09. The van der Waals surface area contributed by atoms with E-state index in [-0.39, 0.29) is 5.41 Å². The molecule has 88 valence electrons. The van der Waals surface area contributed by atoms with Gasteiger partial charge in [-0.15, -0.1) is 0 Å². The van der Waals surface area contributed by atoms with Crippen molar-refractivity contribution >= 4 is 5.57 Å². The molecule has 1 aliphatic carbocycles. The van der Waals surface area contributed by atoms with Crippen molar-refractivity contribution in [2.45, 2.75) is 33.1 Å². The highest BCUT2D eigenvalue weighted by Crippen LogP contribution is 2.33. The Hall–Kier alpha value is -1.56. The molecular formula is C17H20. The lowest BCUT2D eigenvalue weighted by Crippen LogP contribution is -2.11. The van der Waals surface area contributed by atoms with Crippen LogP contribution < -0.4 is 0 Å². The standard InChI is InChI=1S/C17H20/c1-12-7-6-8-15(12)16-11-14(17(3,4)5)10-9-13(16)2/h6-11H,1H2,2-5H3. The Morgan fingerprint density at radius 3 is 2.35 bits per heavy atom. The van der Waals surface area contributed by atoms with E-state index in [1.807, 2.05) is 0 Å². The monoisotopic (exact) mass is 224 g/mol. The summed E-state index contributed by atoms with van der Waals surface area (Å²) < 4.78 is 0. The van der Waals surface area contributed by atoms with Gasteiger partial charge in [-0.25, -0.2) is 0 Å². The zero-order valence-corrected chi connectivity index (χ0v) is 11.2. The molecule has 0 N–H and O–H groups in total. The first-order valence-electron chi connectivity index (χ1n) is 6.09. The minimum absolute atomic E-state index is 0.191. The fourth-order valence-electron chi connectivity index (χ4n) is 2.10. The van der Waals surface area contributed by atoms with Crippen molar-refractivity contribution in [1.29, 1.82) is 0 Å². The summed E-state index contributed by atoms with van der Waals surface area (Å²) in [6.45, 7) is 13.0. The van der Waals surface area contributed by atoms with Crippen LogP contribution in [0.2, 0.25) is 0 Å². The van der Waals surface area contributed by atoms with E-state index in [0.717, 1.165) is 5.57 Å². The zero-order valence-electron chi connectivity index (χ0n) is 11.2. The number of hydrogen-bond acceptors (Lipinski definition) is 0. The summed E-state index contributed by atoms with van der Waals surface area (Å²) >= 11 is 0. The zero-order chi connectivity index (χ0) is 12.6. The van der Waals surface area contributed by atoms with E-state index in [0.29, 0.717) is 0 Å². The summed E-state index contributed by atoms with van der Waals surface area (Å²) in [5, 5.41) is 0. The van der Waals surface area contributed by atoms with Gasteiger partial charge in [-0.3, -0.25) is 0 Å². The van der Waals surface area contributed by atoms with Crippen LogP contribution in [0.5, 0.6) is 0 Å². The molecular weight excluding hydrogens is 204 g/mol. The third kappa shape index (κ3) is 2.26. The summed E-state index contributed by atoms with van der Waals surface area (Å²) in [5.41, 5.74) is 6.56. The number of aryl methyl sites for hydroxylation is 1. The summed E-state index contributed by atoms with van der Waals surface area (Å²) in [4.78, 5) is 0.